The summed E-state index contributed by atoms with van der Waals surface area (Å²) in [6, 6.07) is 0. The third-order valence-electron chi connectivity index (χ3n) is 5.64. The fourth-order valence-corrected chi connectivity index (χ4v) is 4.58. The van der Waals surface area contributed by atoms with E-state index in [9.17, 15) is 4.79 Å². The summed E-state index contributed by atoms with van der Waals surface area (Å²) in [5.74, 6) is 0. The summed E-state index contributed by atoms with van der Waals surface area (Å²) in [6.07, 6.45) is 3.77. The van der Waals surface area contributed by atoms with Crippen molar-refractivity contribution < 1.29 is 13.6 Å². The van der Waals surface area contributed by atoms with E-state index in [2.05, 4.69) is 74.3 Å². The van der Waals surface area contributed by atoms with Gasteiger partial charge in [0.1, 0.15) is 6.29 Å². The van der Waals surface area contributed by atoms with Gasteiger partial charge in [-0.05, 0) is 36.3 Å². The van der Waals surface area contributed by atoms with Crippen molar-refractivity contribution >= 4 is 22.9 Å². The van der Waals surface area contributed by atoms with Crippen molar-refractivity contribution in [3.8, 4) is 0 Å². The molecule has 5 heteroatoms. The molecular weight excluding hydrogens is 332 g/mol. The minimum absolute atomic E-state index is 0.0689. The molecule has 0 heterocycles. The molecule has 142 valence electrons. The minimum Gasteiger partial charge on any atom is -0.413 e. The average Bonchev–Trinajstić information content (AvgIpc) is 2.34. The van der Waals surface area contributed by atoms with Crippen molar-refractivity contribution in [1.29, 1.82) is 0 Å². The molecule has 0 aliphatic carbocycles. The largest absolute Gasteiger partial charge is 0.413 e. The zero-order valence-corrected chi connectivity index (χ0v) is 19.7. The van der Waals surface area contributed by atoms with E-state index in [1.807, 2.05) is 6.08 Å². The topological polar surface area (TPSA) is 35.5 Å². The molecule has 3 nitrogen and oxygen atoms in total. The van der Waals surface area contributed by atoms with E-state index in [1.165, 1.54) is 0 Å². The number of carbonyl (C=O) groups excluding carboxylic acids is 1. The predicted octanol–water partition coefficient (Wildman–Crippen LogP) is 5.93. The molecule has 0 radical (unpaired) electrons. The van der Waals surface area contributed by atoms with Gasteiger partial charge >= 0.3 is 0 Å². The molecule has 0 rings (SSSR count). The molecule has 0 aromatic carbocycles. The molecule has 24 heavy (non-hydrogen) atoms. The maximum Gasteiger partial charge on any atom is 0.192 e. The first-order valence-corrected chi connectivity index (χ1v) is 14.8. The summed E-state index contributed by atoms with van der Waals surface area (Å²) in [7, 11) is -3.80. The average molecular weight is 373 g/mol. The Bertz CT molecular complexity index is 417. The molecule has 0 aromatic rings. The lowest BCUT2D eigenvalue weighted by Gasteiger charge is -2.41. The van der Waals surface area contributed by atoms with Crippen molar-refractivity contribution in [1.82, 2.24) is 0 Å². The molecule has 0 N–H and O–H groups in total. The van der Waals surface area contributed by atoms with Crippen molar-refractivity contribution in [2.45, 2.75) is 103 Å². The van der Waals surface area contributed by atoms with Gasteiger partial charge in [0.25, 0.3) is 0 Å². The number of carbonyl (C=O) groups is 1. The number of hydrogen-bond acceptors (Lipinski definition) is 3. The lowest BCUT2D eigenvalue weighted by atomic mass is 10.1. The summed E-state index contributed by atoms with van der Waals surface area (Å²) in [4.78, 5) is 11.1. The Morgan fingerprint density at radius 2 is 1.33 bits per heavy atom. The van der Waals surface area contributed by atoms with Crippen LogP contribution in [0.3, 0.4) is 0 Å². The van der Waals surface area contributed by atoms with Crippen LogP contribution in [0.15, 0.2) is 12.7 Å². The second-order valence-corrected chi connectivity index (χ2v) is 19.3. The zero-order chi connectivity index (χ0) is 19.4. The van der Waals surface area contributed by atoms with Crippen molar-refractivity contribution in [2.75, 3.05) is 0 Å². The Kier molecular flexibility index (Phi) is 8.35. The highest BCUT2D eigenvalue weighted by Gasteiger charge is 2.41. The molecule has 0 spiro atoms. The van der Waals surface area contributed by atoms with Crippen molar-refractivity contribution in [3.05, 3.63) is 12.7 Å². The van der Waals surface area contributed by atoms with Gasteiger partial charge < -0.3 is 13.6 Å². The van der Waals surface area contributed by atoms with Crippen LogP contribution in [-0.4, -0.2) is 35.1 Å². The molecule has 0 unspecified atom stereocenters. The monoisotopic (exact) mass is 372 g/mol. The summed E-state index contributed by atoms with van der Waals surface area (Å²) >= 11 is 0. The molecular formula is C19H40O3Si2. The van der Waals surface area contributed by atoms with E-state index in [-0.39, 0.29) is 22.3 Å². The van der Waals surface area contributed by atoms with Gasteiger partial charge in [0.15, 0.2) is 16.6 Å². The second kappa shape index (κ2) is 8.43. The third kappa shape index (κ3) is 6.94. The molecule has 0 aliphatic heterocycles. The van der Waals surface area contributed by atoms with Crippen LogP contribution < -0.4 is 0 Å². The van der Waals surface area contributed by atoms with E-state index in [0.717, 1.165) is 6.29 Å². The van der Waals surface area contributed by atoms with Crippen LogP contribution in [0.4, 0.5) is 0 Å². The van der Waals surface area contributed by atoms with E-state index in [1.54, 1.807) is 0 Å². The second-order valence-electron chi connectivity index (χ2n) is 9.79. The fraction of sp³-hybridized carbons (Fsp3) is 0.842. The number of rotatable bonds is 9. The van der Waals surface area contributed by atoms with Gasteiger partial charge in [-0.1, -0.05) is 47.6 Å². The molecule has 0 saturated heterocycles. The Balaban J connectivity index is 5.15. The first-order chi connectivity index (χ1) is 10.6. The van der Waals surface area contributed by atoms with E-state index in [0.29, 0.717) is 12.8 Å². The molecule has 0 aromatic heterocycles. The van der Waals surface area contributed by atoms with E-state index >= 15 is 0 Å². The van der Waals surface area contributed by atoms with Gasteiger partial charge in [0.2, 0.25) is 0 Å². The SMILES string of the molecule is C=C[C@H](C[C@@H](CC=O)O[Si](C)(C)C(C)(C)C)O[Si](C)(C)C(C)(C)C. The minimum atomic E-state index is -1.92. The first-order valence-electron chi connectivity index (χ1n) is 8.99. The summed E-state index contributed by atoms with van der Waals surface area (Å²) in [6.45, 7) is 26.2. The van der Waals surface area contributed by atoms with Crippen LogP contribution in [0.25, 0.3) is 0 Å². The Morgan fingerprint density at radius 3 is 1.67 bits per heavy atom. The fourth-order valence-electron chi connectivity index (χ4n) is 1.90. The third-order valence-corrected chi connectivity index (χ3v) is 14.7. The first kappa shape index (κ1) is 23.8. The Morgan fingerprint density at radius 1 is 0.917 bits per heavy atom. The molecule has 0 fully saturated rings. The molecule has 0 amide bonds. The summed E-state index contributed by atoms with van der Waals surface area (Å²) in [5, 5.41) is 0.271. The van der Waals surface area contributed by atoms with Gasteiger partial charge in [-0.25, -0.2) is 0 Å². The highest BCUT2D eigenvalue weighted by Crippen LogP contribution is 2.40. The van der Waals surface area contributed by atoms with Crippen LogP contribution in [0, 0.1) is 0 Å². The van der Waals surface area contributed by atoms with Crippen LogP contribution in [-0.2, 0) is 13.6 Å². The van der Waals surface area contributed by atoms with Crippen molar-refractivity contribution in [3.63, 3.8) is 0 Å². The predicted molar refractivity (Wildman–Crippen MR) is 110 cm³/mol. The lowest BCUT2D eigenvalue weighted by molar-refractivity contribution is -0.109. The summed E-state index contributed by atoms with van der Waals surface area (Å²) < 4.78 is 12.9. The van der Waals surface area contributed by atoms with Crippen LogP contribution in [0.1, 0.15) is 54.4 Å². The molecule has 0 aliphatic rings. The van der Waals surface area contributed by atoms with E-state index < -0.39 is 16.6 Å². The normalized spacial score (nSPS) is 16.6. The maximum atomic E-state index is 11.1. The highest BCUT2D eigenvalue weighted by atomic mass is 28.4. The van der Waals surface area contributed by atoms with Gasteiger partial charge in [-0.15, -0.1) is 6.58 Å². The lowest BCUT2D eigenvalue weighted by Crippen LogP contribution is -2.47. The smallest absolute Gasteiger partial charge is 0.192 e. The number of aldehydes is 1. The molecule has 0 bridgehead atoms. The zero-order valence-electron chi connectivity index (χ0n) is 17.7. The van der Waals surface area contributed by atoms with Gasteiger partial charge in [-0.2, -0.15) is 0 Å². The van der Waals surface area contributed by atoms with Crippen molar-refractivity contribution in [2.24, 2.45) is 0 Å². The van der Waals surface area contributed by atoms with Gasteiger partial charge in [0, 0.05) is 12.8 Å². The highest BCUT2D eigenvalue weighted by molar-refractivity contribution is 6.74. The van der Waals surface area contributed by atoms with E-state index in [4.69, 9.17) is 8.85 Å². The Hall–Kier alpha value is -0.236. The van der Waals surface area contributed by atoms with Crippen LogP contribution in [0.5, 0.6) is 0 Å². The maximum absolute atomic E-state index is 11.1. The molecule has 0 saturated carbocycles. The van der Waals surface area contributed by atoms with Crippen LogP contribution in [0.2, 0.25) is 36.3 Å². The quantitative estimate of drug-likeness (QED) is 0.286. The standard InChI is InChI=1S/C19H40O3Si2/c1-12-16(21-23(8,9)18(2,3)4)15-17(13-14-20)22-24(10,11)19(5,6)7/h12,14,16-17H,1,13,15H2,2-11H3/t16-,17-/m1/s1. The van der Waals surface area contributed by atoms with Gasteiger partial charge in [-0.3, -0.25) is 0 Å². The molecule has 2 atom stereocenters. The Labute approximate surface area is 152 Å². The number of hydrogen-bond donors (Lipinski definition) is 0. The van der Waals surface area contributed by atoms with Gasteiger partial charge in [0.05, 0.1) is 12.2 Å². The van der Waals surface area contributed by atoms with Crippen LogP contribution >= 0.6 is 0 Å². The summed E-state index contributed by atoms with van der Waals surface area (Å²) in [5.41, 5.74) is 0.